The standard InChI is InChI=1S/C11H12BrNO3S/c12-9-3-1-2-8(6-9)11(14)13-10-4-5-17(15,16)7-10/h1-3,6,10H,4-5,7H2,(H,13,14)/t10-/m0/s1. The van der Waals surface area contributed by atoms with Crippen LogP contribution < -0.4 is 5.32 Å². The number of halogens is 1. The zero-order valence-corrected chi connectivity index (χ0v) is 11.4. The van der Waals surface area contributed by atoms with E-state index in [9.17, 15) is 13.2 Å². The van der Waals surface area contributed by atoms with Crippen molar-refractivity contribution in [1.29, 1.82) is 0 Å². The number of hydrogen-bond acceptors (Lipinski definition) is 3. The molecule has 1 aromatic carbocycles. The molecule has 92 valence electrons. The maximum Gasteiger partial charge on any atom is 0.251 e. The van der Waals surface area contributed by atoms with Gasteiger partial charge in [-0.2, -0.15) is 0 Å². The summed E-state index contributed by atoms with van der Waals surface area (Å²) >= 11 is 3.29. The van der Waals surface area contributed by atoms with Crippen molar-refractivity contribution in [2.45, 2.75) is 12.5 Å². The molecule has 1 fully saturated rings. The molecule has 1 aliphatic rings. The normalized spacial score (nSPS) is 22.3. The molecular weight excluding hydrogens is 306 g/mol. The van der Waals surface area contributed by atoms with Gasteiger partial charge in [0.1, 0.15) is 0 Å². The zero-order valence-electron chi connectivity index (χ0n) is 9.02. The maximum atomic E-state index is 11.8. The summed E-state index contributed by atoms with van der Waals surface area (Å²) < 4.78 is 23.3. The van der Waals surface area contributed by atoms with Gasteiger partial charge in [-0.1, -0.05) is 22.0 Å². The molecule has 0 aliphatic carbocycles. The van der Waals surface area contributed by atoms with Gasteiger partial charge in [0.25, 0.3) is 5.91 Å². The Morgan fingerprint density at radius 2 is 2.18 bits per heavy atom. The number of rotatable bonds is 2. The predicted molar refractivity (Wildman–Crippen MR) is 68.7 cm³/mol. The fourth-order valence-electron chi connectivity index (χ4n) is 1.81. The number of carbonyl (C=O) groups excluding carboxylic acids is 1. The molecule has 1 aliphatic heterocycles. The average Bonchev–Trinajstić information content (AvgIpc) is 2.58. The second-order valence-corrected chi connectivity index (χ2v) is 7.23. The minimum absolute atomic E-state index is 0.0484. The number of hydrogen-bond donors (Lipinski definition) is 1. The highest BCUT2D eigenvalue weighted by Crippen LogP contribution is 2.14. The van der Waals surface area contributed by atoms with Gasteiger partial charge in [0, 0.05) is 16.1 Å². The predicted octanol–water partition coefficient (Wildman–Crippen LogP) is 1.37. The Morgan fingerprint density at radius 1 is 1.41 bits per heavy atom. The molecule has 0 aromatic heterocycles. The monoisotopic (exact) mass is 317 g/mol. The Labute approximate surface area is 108 Å². The summed E-state index contributed by atoms with van der Waals surface area (Å²) in [5.74, 6) is -0.0169. The molecule has 0 saturated carbocycles. The van der Waals surface area contributed by atoms with Crippen molar-refractivity contribution in [3.8, 4) is 0 Å². The van der Waals surface area contributed by atoms with E-state index >= 15 is 0 Å². The molecule has 1 N–H and O–H groups in total. The van der Waals surface area contributed by atoms with E-state index in [4.69, 9.17) is 0 Å². The van der Waals surface area contributed by atoms with E-state index in [1.54, 1.807) is 18.2 Å². The van der Waals surface area contributed by atoms with E-state index < -0.39 is 9.84 Å². The van der Waals surface area contributed by atoms with Crippen LogP contribution in [0.3, 0.4) is 0 Å². The van der Waals surface area contributed by atoms with Crippen LogP contribution in [0.25, 0.3) is 0 Å². The van der Waals surface area contributed by atoms with Gasteiger partial charge in [-0.15, -0.1) is 0 Å². The Bertz CT molecular complexity index is 541. The van der Waals surface area contributed by atoms with Crippen LogP contribution in [-0.2, 0) is 9.84 Å². The van der Waals surface area contributed by atoms with Gasteiger partial charge in [0.2, 0.25) is 0 Å². The van der Waals surface area contributed by atoms with Crippen LogP contribution in [0.1, 0.15) is 16.8 Å². The third-order valence-corrected chi connectivity index (χ3v) is 4.92. The molecule has 2 rings (SSSR count). The molecule has 0 spiro atoms. The lowest BCUT2D eigenvalue weighted by Crippen LogP contribution is -2.35. The van der Waals surface area contributed by atoms with E-state index in [1.807, 2.05) is 6.07 Å². The van der Waals surface area contributed by atoms with Gasteiger partial charge in [0.05, 0.1) is 11.5 Å². The van der Waals surface area contributed by atoms with Crippen molar-refractivity contribution in [3.63, 3.8) is 0 Å². The Balaban J connectivity index is 2.03. The Hall–Kier alpha value is -0.880. The third kappa shape index (κ3) is 3.29. The molecule has 1 aromatic rings. The first-order valence-corrected chi connectivity index (χ1v) is 7.84. The second kappa shape index (κ2) is 4.78. The first kappa shape index (κ1) is 12.6. The SMILES string of the molecule is O=C(N[C@H]1CCS(=O)(=O)C1)c1cccc(Br)c1. The fourth-order valence-corrected chi connectivity index (χ4v) is 3.88. The second-order valence-electron chi connectivity index (χ2n) is 4.08. The summed E-state index contributed by atoms with van der Waals surface area (Å²) in [5.41, 5.74) is 0.531. The van der Waals surface area contributed by atoms with Gasteiger partial charge in [-0.3, -0.25) is 4.79 Å². The van der Waals surface area contributed by atoms with Crippen molar-refractivity contribution in [3.05, 3.63) is 34.3 Å². The summed E-state index contributed by atoms with van der Waals surface area (Å²) in [7, 11) is -2.96. The van der Waals surface area contributed by atoms with Gasteiger partial charge in [-0.25, -0.2) is 8.42 Å². The van der Waals surface area contributed by atoms with Gasteiger partial charge in [0.15, 0.2) is 9.84 Å². The molecule has 1 heterocycles. The van der Waals surface area contributed by atoms with Crippen molar-refractivity contribution in [2.24, 2.45) is 0 Å². The highest BCUT2D eigenvalue weighted by atomic mass is 79.9. The van der Waals surface area contributed by atoms with E-state index in [2.05, 4.69) is 21.2 Å². The van der Waals surface area contributed by atoms with Crippen LogP contribution in [0.2, 0.25) is 0 Å². The molecule has 1 amide bonds. The van der Waals surface area contributed by atoms with Crippen molar-refractivity contribution < 1.29 is 13.2 Å². The minimum atomic E-state index is -2.96. The number of nitrogens with one attached hydrogen (secondary N) is 1. The summed E-state index contributed by atoms with van der Waals surface area (Å²) in [4.78, 5) is 11.8. The third-order valence-electron chi connectivity index (χ3n) is 2.65. The summed E-state index contributed by atoms with van der Waals surface area (Å²) in [5, 5.41) is 2.74. The van der Waals surface area contributed by atoms with Crippen LogP contribution in [0, 0.1) is 0 Å². The average molecular weight is 318 g/mol. The van der Waals surface area contributed by atoms with Crippen LogP contribution in [-0.4, -0.2) is 31.9 Å². The Morgan fingerprint density at radius 3 is 2.76 bits per heavy atom. The van der Waals surface area contributed by atoms with Crippen molar-refractivity contribution in [1.82, 2.24) is 5.32 Å². The minimum Gasteiger partial charge on any atom is -0.348 e. The van der Waals surface area contributed by atoms with Crippen LogP contribution >= 0.6 is 15.9 Å². The van der Waals surface area contributed by atoms with Gasteiger partial charge in [-0.05, 0) is 24.6 Å². The number of carbonyl (C=O) groups is 1. The molecule has 0 radical (unpaired) electrons. The lowest BCUT2D eigenvalue weighted by Gasteiger charge is -2.10. The maximum absolute atomic E-state index is 11.8. The zero-order chi connectivity index (χ0) is 12.5. The molecule has 0 bridgehead atoms. The molecule has 1 saturated heterocycles. The van der Waals surface area contributed by atoms with Crippen LogP contribution in [0.5, 0.6) is 0 Å². The van der Waals surface area contributed by atoms with E-state index in [0.29, 0.717) is 12.0 Å². The molecule has 0 unspecified atom stereocenters. The lowest BCUT2D eigenvalue weighted by molar-refractivity contribution is 0.0941. The van der Waals surface area contributed by atoms with E-state index in [-0.39, 0.29) is 23.5 Å². The quantitative estimate of drug-likeness (QED) is 0.896. The summed E-state index contributed by atoms with van der Waals surface area (Å²) in [6.07, 6.45) is 0.502. The molecule has 4 nitrogen and oxygen atoms in total. The molecule has 6 heteroatoms. The highest BCUT2D eigenvalue weighted by molar-refractivity contribution is 9.10. The number of benzene rings is 1. The number of amides is 1. The van der Waals surface area contributed by atoms with Gasteiger partial charge < -0.3 is 5.32 Å². The first-order valence-electron chi connectivity index (χ1n) is 5.23. The van der Waals surface area contributed by atoms with Crippen LogP contribution in [0.4, 0.5) is 0 Å². The summed E-state index contributed by atoms with van der Waals surface area (Å²) in [6, 6.07) is 6.75. The molecule has 17 heavy (non-hydrogen) atoms. The number of sulfone groups is 1. The smallest absolute Gasteiger partial charge is 0.251 e. The lowest BCUT2D eigenvalue weighted by atomic mass is 10.2. The largest absolute Gasteiger partial charge is 0.348 e. The highest BCUT2D eigenvalue weighted by Gasteiger charge is 2.29. The molecule has 1 atom stereocenters. The van der Waals surface area contributed by atoms with Crippen molar-refractivity contribution in [2.75, 3.05) is 11.5 Å². The van der Waals surface area contributed by atoms with E-state index in [0.717, 1.165) is 4.47 Å². The van der Waals surface area contributed by atoms with Crippen molar-refractivity contribution >= 4 is 31.7 Å². The first-order chi connectivity index (χ1) is 7.96. The fraction of sp³-hybridized carbons (Fsp3) is 0.364. The Kier molecular flexibility index (Phi) is 3.53. The van der Waals surface area contributed by atoms with Crippen LogP contribution in [0.15, 0.2) is 28.7 Å². The topological polar surface area (TPSA) is 63.2 Å². The van der Waals surface area contributed by atoms with Gasteiger partial charge >= 0.3 is 0 Å². The molecular formula is C11H12BrNO3S. The summed E-state index contributed by atoms with van der Waals surface area (Å²) in [6.45, 7) is 0. The van der Waals surface area contributed by atoms with E-state index in [1.165, 1.54) is 0 Å².